The number of methoxy groups -OCH3 is 1. The summed E-state index contributed by atoms with van der Waals surface area (Å²) in [6, 6.07) is 25.3. The normalized spacial score (nSPS) is 15.4. The lowest BCUT2D eigenvalue weighted by molar-refractivity contribution is 0.211. The zero-order valence-corrected chi connectivity index (χ0v) is 18.1. The molecule has 0 saturated carbocycles. The summed E-state index contributed by atoms with van der Waals surface area (Å²) in [5.74, 6) is 2.53. The monoisotopic (exact) mass is 411 g/mol. The average molecular weight is 412 g/mol. The number of ether oxygens (including phenoxy) is 1. The third-order valence-corrected chi connectivity index (χ3v) is 6.45. The Morgan fingerprint density at radius 2 is 1.65 bits per heavy atom. The van der Waals surface area contributed by atoms with Crippen molar-refractivity contribution in [2.24, 2.45) is 0 Å². The Morgan fingerprint density at radius 3 is 2.45 bits per heavy atom. The van der Waals surface area contributed by atoms with Gasteiger partial charge < -0.3 is 14.0 Å². The molecule has 3 heterocycles. The molecule has 1 aliphatic heterocycles. The number of nitrogens with zero attached hydrogens (tertiary/aromatic N) is 3. The Morgan fingerprint density at radius 1 is 0.903 bits per heavy atom. The van der Waals surface area contributed by atoms with E-state index >= 15 is 0 Å². The number of pyridine rings is 1. The summed E-state index contributed by atoms with van der Waals surface area (Å²) >= 11 is 0. The topological polar surface area (TPSA) is 29.8 Å². The van der Waals surface area contributed by atoms with Gasteiger partial charge in [-0.15, -0.1) is 0 Å². The second-order valence-corrected chi connectivity index (χ2v) is 8.33. The molecule has 0 unspecified atom stereocenters. The van der Waals surface area contributed by atoms with Crippen molar-refractivity contribution in [3.05, 3.63) is 90.4 Å². The minimum Gasteiger partial charge on any atom is -0.496 e. The number of piperidine rings is 1. The minimum absolute atomic E-state index is 0.478. The third kappa shape index (κ3) is 4.08. The van der Waals surface area contributed by atoms with Crippen molar-refractivity contribution in [2.75, 3.05) is 26.7 Å². The van der Waals surface area contributed by atoms with Crippen molar-refractivity contribution in [3.63, 3.8) is 0 Å². The van der Waals surface area contributed by atoms with Crippen LogP contribution in [0.3, 0.4) is 0 Å². The SMILES string of the molecule is COc1ccccc1-c1nc(C2CCN(CCc3ccccc3)CC2)n2ccccc12. The van der Waals surface area contributed by atoms with Crippen LogP contribution < -0.4 is 4.74 Å². The molecular formula is C27H29N3O. The summed E-state index contributed by atoms with van der Waals surface area (Å²) in [6.45, 7) is 3.39. The van der Waals surface area contributed by atoms with E-state index in [4.69, 9.17) is 9.72 Å². The fourth-order valence-corrected chi connectivity index (χ4v) is 4.73. The highest BCUT2D eigenvalue weighted by atomic mass is 16.5. The van der Waals surface area contributed by atoms with Crippen LogP contribution in [0.4, 0.5) is 0 Å². The van der Waals surface area contributed by atoms with Crippen LogP contribution in [-0.2, 0) is 6.42 Å². The van der Waals surface area contributed by atoms with Crippen molar-refractivity contribution < 1.29 is 4.74 Å². The van der Waals surface area contributed by atoms with E-state index in [0.717, 1.165) is 61.4 Å². The fraction of sp³-hybridized carbons (Fsp3) is 0.296. The molecule has 0 N–H and O–H groups in total. The van der Waals surface area contributed by atoms with Gasteiger partial charge in [-0.2, -0.15) is 0 Å². The predicted molar refractivity (Wildman–Crippen MR) is 126 cm³/mol. The van der Waals surface area contributed by atoms with Crippen molar-refractivity contribution in [1.29, 1.82) is 0 Å². The van der Waals surface area contributed by atoms with Crippen LogP contribution in [0.15, 0.2) is 79.0 Å². The van der Waals surface area contributed by atoms with Gasteiger partial charge in [0.1, 0.15) is 17.3 Å². The van der Waals surface area contributed by atoms with Crippen LogP contribution in [0.2, 0.25) is 0 Å². The molecule has 0 bridgehead atoms. The molecule has 0 aliphatic carbocycles. The van der Waals surface area contributed by atoms with Crippen molar-refractivity contribution >= 4 is 5.52 Å². The number of rotatable bonds is 6. The van der Waals surface area contributed by atoms with Crippen molar-refractivity contribution in [2.45, 2.75) is 25.2 Å². The zero-order valence-electron chi connectivity index (χ0n) is 18.1. The molecule has 1 fully saturated rings. The largest absolute Gasteiger partial charge is 0.496 e. The van der Waals surface area contributed by atoms with Gasteiger partial charge in [-0.05, 0) is 62.2 Å². The van der Waals surface area contributed by atoms with E-state index in [2.05, 4.69) is 76.2 Å². The zero-order chi connectivity index (χ0) is 21.0. The van der Waals surface area contributed by atoms with Gasteiger partial charge in [-0.3, -0.25) is 0 Å². The number of fused-ring (bicyclic) bond motifs is 1. The maximum Gasteiger partial charge on any atom is 0.128 e. The van der Waals surface area contributed by atoms with Gasteiger partial charge in [0.25, 0.3) is 0 Å². The van der Waals surface area contributed by atoms with E-state index in [9.17, 15) is 0 Å². The third-order valence-electron chi connectivity index (χ3n) is 6.45. The van der Waals surface area contributed by atoms with Crippen LogP contribution in [0.25, 0.3) is 16.8 Å². The smallest absolute Gasteiger partial charge is 0.128 e. The predicted octanol–water partition coefficient (Wildman–Crippen LogP) is 5.43. The Kier molecular flexibility index (Phi) is 5.72. The molecule has 0 atom stereocenters. The van der Waals surface area contributed by atoms with E-state index < -0.39 is 0 Å². The number of aromatic nitrogens is 2. The number of hydrogen-bond donors (Lipinski definition) is 0. The first kappa shape index (κ1) is 19.8. The minimum atomic E-state index is 0.478. The number of para-hydroxylation sites is 1. The van der Waals surface area contributed by atoms with Gasteiger partial charge in [0.2, 0.25) is 0 Å². The highest BCUT2D eigenvalue weighted by molar-refractivity contribution is 5.81. The second-order valence-electron chi connectivity index (χ2n) is 8.33. The summed E-state index contributed by atoms with van der Waals surface area (Å²) in [5.41, 5.74) is 4.64. The second kappa shape index (κ2) is 8.94. The van der Waals surface area contributed by atoms with E-state index in [1.54, 1.807) is 7.11 Å². The van der Waals surface area contributed by atoms with Gasteiger partial charge >= 0.3 is 0 Å². The van der Waals surface area contributed by atoms with Crippen LogP contribution in [-0.4, -0.2) is 41.0 Å². The molecule has 0 radical (unpaired) electrons. The molecule has 1 aliphatic rings. The lowest BCUT2D eigenvalue weighted by Gasteiger charge is -2.31. The van der Waals surface area contributed by atoms with Crippen LogP contribution in [0.5, 0.6) is 5.75 Å². The number of hydrogen-bond acceptors (Lipinski definition) is 3. The quantitative estimate of drug-likeness (QED) is 0.424. The standard InChI is InChI=1S/C27H29N3O/c1-31-25-13-6-5-11-23(25)26-24-12-7-8-17-30(24)27(28-26)22-15-19-29(20-16-22)18-14-21-9-3-2-4-10-21/h2-13,17,22H,14-16,18-20H2,1H3. The van der Waals surface area contributed by atoms with Gasteiger partial charge in [-0.1, -0.05) is 48.5 Å². The highest BCUT2D eigenvalue weighted by Crippen LogP contribution is 2.36. The first-order valence-corrected chi connectivity index (χ1v) is 11.2. The molecule has 0 spiro atoms. The average Bonchev–Trinajstić information content (AvgIpc) is 3.23. The molecule has 2 aromatic carbocycles. The van der Waals surface area contributed by atoms with Crippen LogP contribution >= 0.6 is 0 Å². The number of benzene rings is 2. The summed E-state index contributed by atoms with van der Waals surface area (Å²) in [5, 5.41) is 0. The van der Waals surface area contributed by atoms with Crippen LogP contribution in [0, 0.1) is 0 Å². The summed E-state index contributed by atoms with van der Waals surface area (Å²) in [4.78, 5) is 7.77. The lowest BCUT2D eigenvalue weighted by atomic mass is 9.95. The molecule has 2 aromatic heterocycles. The summed E-state index contributed by atoms with van der Waals surface area (Å²) < 4.78 is 7.91. The molecule has 4 aromatic rings. The Labute approximate surface area is 184 Å². The molecule has 5 rings (SSSR count). The van der Waals surface area contributed by atoms with Crippen molar-refractivity contribution in [3.8, 4) is 17.0 Å². The van der Waals surface area contributed by atoms with E-state index in [-0.39, 0.29) is 0 Å². The molecule has 158 valence electrons. The van der Waals surface area contributed by atoms with Gasteiger partial charge in [0.05, 0.1) is 12.6 Å². The Bertz CT molecular complexity index is 1140. The first-order chi connectivity index (χ1) is 15.3. The molecule has 4 nitrogen and oxygen atoms in total. The fourth-order valence-electron chi connectivity index (χ4n) is 4.73. The maximum atomic E-state index is 5.62. The lowest BCUT2D eigenvalue weighted by Crippen LogP contribution is -2.34. The van der Waals surface area contributed by atoms with Crippen molar-refractivity contribution in [1.82, 2.24) is 14.3 Å². The van der Waals surface area contributed by atoms with E-state index in [1.807, 2.05) is 12.1 Å². The number of imidazole rings is 1. The summed E-state index contributed by atoms with van der Waals surface area (Å²) in [6.07, 6.45) is 5.57. The number of likely N-dealkylation sites (tertiary alicyclic amines) is 1. The summed E-state index contributed by atoms with van der Waals surface area (Å²) in [7, 11) is 1.73. The van der Waals surface area contributed by atoms with E-state index in [1.165, 1.54) is 11.4 Å². The Balaban J connectivity index is 1.35. The van der Waals surface area contributed by atoms with E-state index in [0.29, 0.717) is 5.92 Å². The first-order valence-electron chi connectivity index (χ1n) is 11.2. The molecule has 1 saturated heterocycles. The maximum absolute atomic E-state index is 5.62. The van der Waals surface area contributed by atoms with Gasteiger partial charge in [-0.25, -0.2) is 4.98 Å². The van der Waals surface area contributed by atoms with Crippen LogP contribution in [0.1, 0.15) is 30.1 Å². The Hall–Kier alpha value is -3.11. The highest BCUT2D eigenvalue weighted by Gasteiger charge is 2.26. The molecule has 31 heavy (non-hydrogen) atoms. The molecular weight excluding hydrogens is 382 g/mol. The van der Waals surface area contributed by atoms with Gasteiger partial charge in [0, 0.05) is 24.2 Å². The molecule has 4 heteroatoms. The van der Waals surface area contributed by atoms with Gasteiger partial charge in [0.15, 0.2) is 0 Å². The molecule has 0 amide bonds.